The van der Waals surface area contributed by atoms with E-state index in [0.717, 1.165) is 22.9 Å². The number of hydrogen-bond donors (Lipinski definition) is 0. The molecule has 0 unspecified atom stereocenters. The molecule has 3 aromatic rings. The first-order valence-corrected chi connectivity index (χ1v) is 11.9. The molecule has 0 heterocycles. The molecule has 0 bridgehead atoms. The van der Waals surface area contributed by atoms with E-state index in [4.69, 9.17) is 4.99 Å². The molecule has 0 radical (unpaired) electrons. The Morgan fingerprint density at radius 3 is 1.79 bits per heavy atom. The standard InChI is InChI=1S/C24H23NS3/c1-2-18-26-23(25-20-12-6-3-7-13-20)19-24(27-21-14-8-4-9-15-21)28-22-16-10-5-11-17-22/h2-17,24H,1,18-19H2. The topological polar surface area (TPSA) is 12.4 Å². The van der Waals surface area contributed by atoms with E-state index in [0.29, 0.717) is 4.58 Å². The molecule has 4 heteroatoms. The van der Waals surface area contributed by atoms with Crippen molar-refractivity contribution in [3.8, 4) is 0 Å². The van der Waals surface area contributed by atoms with Crippen molar-refractivity contribution in [2.24, 2.45) is 4.99 Å². The summed E-state index contributed by atoms with van der Waals surface area (Å²) in [6, 6.07) is 31.4. The first kappa shape index (κ1) is 20.8. The molecule has 0 aromatic heterocycles. The van der Waals surface area contributed by atoms with Crippen LogP contribution >= 0.6 is 35.3 Å². The second kappa shape index (κ2) is 11.8. The van der Waals surface area contributed by atoms with Gasteiger partial charge in [-0.15, -0.1) is 41.9 Å². The summed E-state index contributed by atoms with van der Waals surface area (Å²) >= 11 is 5.57. The summed E-state index contributed by atoms with van der Waals surface area (Å²) < 4.78 is 0.338. The van der Waals surface area contributed by atoms with E-state index < -0.39 is 0 Å². The van der Waals surface area contributed by atoms with E-state index in [2.05, 4.69) is 79.4 Å². The summed E-state index contributed by atoms with van der Waals surface area (Å²) in [6.07, 6.45) is 2.83. The molecule has 0 atom stereocenters. The molecule has 0 aliphatic carbocycles. The monoisotopic (exact) mass is 421 g/mol. The number of aliphatic imine (C=N–C) groups is 1. The lowest BCUT2D eigenvalue weighted by molar-refractivity contribution is 1.23. The third kappa shape index (κ3) is 7.27. The lowest BCUT2D eigenvalue weighted by atomic mass is 10.3. The zero-order valence-corrected chi connectivity index (χ0v) is 18.1. The number of para-hydroxylation sites is 1. The zero-order chi connectivity index (χ0) is 19.4. The molecule has 0 saturated heterocycles. The fraction of sp³-hybridized carbons (Fsp3) is 0.125. The minimum Gasteiger partial charge on any atom is -0.247 e. The van der Waals surface area contributed by atoms with Crippen LogP contribution in [0.2, 0.25) is 0 Å². The van der Waals surface area contributed by atoms with Crippen molar-refractivity contribution in [1.82, 2.24) is 0 Å². The predicted octanol–water partition coefficient (Wildman–Crippen LogP) is 7.94. The van der Waals surface area contributed by atoms with Crippen LogP contribution < -0.4 is 0 Å². The van der Waals surface area contributed by atoms with Gasteiger partial charge in [0.25, 0.3) is 0 Å². The largest absolute Gasteiger partial charge is 0.247 e. The van der Waals surface area contributed by atoms with Crippen LogP contribution in [-0.4, -0.2) is 15.4 Å². The van der Waals surface area contributed by atoms with Crippen molar-refractivity contribution < 1.29 is 0 Å². The first-order chi connectivity index (χ1) is 13.8. The van der Waals surface area contributed by atoms with E-state index in [1.54, 1.807) is 11.8 Å². The number of nitrogens with zero attached hydrogens (tertiary/aromatic N) is 1. The third-order valence-electron chi connectivity index (χ3n) is 3.74. The number of rotatable bonds is 9. The van der Waals surface area contributed by atoms with E-state index in [9.17, 15) is 0 Å². The van der Waals surface area contributed by atoms with Gasteiger partial charge in [0.2, 0.25) is 0 Å². The SMILES string of the molecule is C=CCSC(CC(Sc1ccccc1)Sc1ccccc1)=Nc1ccccc1. The Hall–Kier alpha value is -1.88. The van der Waals surface area contributed by atoms with Crippen LogP contribution in [0.15, 0.2) is 118 Å². The molecule has 0 aliphatic heterocycles. The quantitative estimate of drug-likeness (QED) is 0.114. The van der Waals surface area contributed by atoms with Crippen molar-refractivity contribution in [3.63, 3.8) is 0 Å². The van der Waals surface area contributed by atoms with E-state index >= 15 is 0 Å². The van der Waals surface area contributed by atoms with Gasteiger partial charge >= 0.3 is 0 Å². The lowest BCUT2D eigenvalue weighted by Crippen LogP contribution is -2.05. The van der Waals surface area contributed by atoms with Gasteiger partial charge in [-0.1, -0.05) is 60.7 Å². The van der Waals surface area contributed by atoms with Crippen LogP contribution in [0, 0.1) is 0 Å². The lowest BCUT2D eigenvalue weighted by Gasteiger charge is -2.17. The van der Waals surface area contributed by atoms with Gasteiger partial charge in [0.1, 0.15) is 0 Å². The molecule has 1 nitrogen and oxygen atoms in total. The van der Waals surface area contributed by atoms with Gasteiger partial charge in [-0.2, -0.15) is 0 Å². The highest BCUT2D eigenvalue weighted by atomic mass is 32.2. The molecule has 0 N–H and O–H groups in total. The van der Waals surface area contributed by atoms with Crippen molar-refractivity contribution in [2.45, 2.75) is 20.8 Å². The number of benzene rings is 3. The van der Waals surface area contributed by atoms with Gasteiger partial charge in [0.15, 0.2) is 0 Å². The molecule has 0 saturated carbocycles. The second-order valence-corrected chi connectivity index (χ2v) is 9.88. The van der Waals surface area contributed by atoms with E-state index in [1.165, 1.54) is 9.79 Å². The number of hydrogen-bond acceptors (Lipinski definition) is 4. The molecule has 28 heavy (non-hydrogen) atoms. The van der Waals surface area contributed by atoms with Gasteiger partial charge < -0.3 is 0 Å². The van der Waals surface area contributed by atoms with Crippen molar-refractivity contribution in [1.29, 1.82) is 0 Å². The minimum atomic E-state index is 0.338. The van der Waals surface area contributed by atoms with Gasteiger partial charge in [0.05, 0.1) is 15.3 Å². The molecular weight excluding hydrogens is 398 g/mol. The summed E-state index contributed by atoms with van der Waals surface area (Å²) in [5.41, 5.74) is 1.00. The maximum absolute atomic E-state index is 4.92. The summed E-state index contributed by atoms with van der Waals surface area (Å²) in [4.78, 5) is 7.49. The summed E-state index contributed by atoms with van der Waals surface area (Å²) in [5.74, 6) is 0.865. The average molecular weight is 422 g/mol. The van der Waals surface area contributed by atoms with Crippen molar-refractivity contribution >= 4 is 46.0 Å². The fourth-order valence-electron chi connectivity index (χ4n) is 2.49. The predicted molar refractivity (Wildman–Crippen MR) is 129 cm³/mol. The van der Waals surface area contributed by atoms with Gasteiger partial charge in [0, 0.05) is 22.0 Å². The van der Waals surface area contributed by atoms with Gasteiger partial charge in [-0.3, -0.25) is 0 Å². The smallest absolute Gasteiger partial charge is 0.0761 e. The molecule has 3 rings (SSSR count). The van der Waals surface area contributed by atoms with Crippen LogP contribution in [-0.2, 0) is 0 Å². The van der Waals surface area contributed by atoms with E-state index in [1.807, 2.05) is 47.8 Å². The molecule has 0 fully saturated rings. The summed E-state index contributed by atoms with van der Waals surface area (Å²) in [7, 11) is 0. The molecule has 3 aromatic carbocycles. The average Bonchev–Trinajstić information content (AvgIpc) is 2.74. The molecule has 0 amide bonds. The van der Waals surface area contributed by atoms with Crippen LogP contribution in [0.4, 0.5) is 5.69 Å². The normalized spacial score (nSPS) is 11.5. The van der Waals surface area contributed by atoms with Gasteiger partial charge in [-0.25, -0.2) is 4.99 Å². The minimum absolute atomic E-state index is 0.338. The molecule has 0 aliphatic rings. The Morgan fingerprint density at radius 1 is 0.786 bits per heavy atom. The van der Waals surface area contributed by atoms with Crippen LogP contribution in [0.3, 0.4) is 0 Å². The molecule has 142 valence electrons. The maximum Gasteiger partial charge on any atom is 0.0761 e. The van der Waals surface area contributed by atoms with Gasteiger partial charge in [-0.05, 0) is 36.4 Å². The summed E-state index contributed by atoms with van der Waals surface area (Å²) in [5, 5.41) is 1.14. The highest BCUT2D eigenvalue weighted by Gasteiger charge is 2.16. The van der Waals surface area contributed by atoms with Crippen LogP contribution in [0.1, 0.15) is 6.42 Å². The third-order valence-corrected chi connectivity index (χ3v) is 7.26. The maximum atomic E-state index is 4.92. The molecular formula is C24H23NS3. The highest BCUT2D eigenvalue weighted by Crippen LogP contribution is 2.39. The summed E-state index contributed by atoms with van der Waals surface area (Å²) in [6.45, 7) is 3.87. The Balaban J connectivity index is 1.81. The highest BCUT2D eigenvalue weighted by molar-refractivity contribution is 8.17. The fourth-order valence-corrected chi connectivity index (χ4v) is 6.04. The molecule has 0 spiro atoms. The Kier molecular flexibility index (Phi) is 8.82. The van der Waals surface area contributed by atoms with Crippen molar-refractivity contribution in [2.75, 3.05) is 5.75 Å². The van der Waals surface area contributed by atoms with Crippen LogP contribution in [0.25, 0.3) is 0 Å². The van der Waals surface area contributed by atoms with Crippen molar-refractivity contribution in [3.05, 3.63) is 104 Å². The Morgan fingerprint density at radius 2 is 1.29 bits per heavy atom. The van der Waals surface area contributed by atoms with E-state index in [-0.39, 0.29) is 0 Å². The Bertz CT molecular complexity index is 823. The van der Waals surface area contributed by atoms with Crippen LogP contribution in [0.5, 0.6) is 0 Å². The number of thioether (sulfide) groups is 3. The Labute approximate surface area is 180 Å². The first-order valence-electron chi connectivity index (χ1n) is 9.13. The second-order valence-electron chi connectivity index (χ2n) is 5.94. The zero-order valence-electron chi connectivity index (χ0n) is 15.6.